The molecular weight excluding hydrogens is 374 g/mol. The number of carbonyl (C=O) groups excluding carboxylic acids is 3. The third-order valence-electron chi connectivity index (χ3n) is 3.78. The number of nitrogens with one attached hydrogen (secondary N) is 2. The number of ether oxygens (including phenoxy) is 3. The summed E-state index contributed by atoms with van der Waals surface area (Å²) in [4.78, 5) is 35.4. The van der Waals surface area contributed by atoms with Crippen molar-refractivity contribution in [2.45, 2.75) is 32.0 Å². The van der Waals surface area contributed by atoms with Gasteiger partial charge in [0.25, 0.3) is 5.91 Å². The molecule has 0 unspecified atom stereocenters. The van der Waals surface area contributed by atoms with Crippen LogP contribution in [0.15, 0.2) is 18.2 Å². The van der Waals surface area contributed by atoms with E-state index in [-0.39, 0.29) is 13.3 Å². The maximum atomic E-state index is 12.2. The van der Waals surface area contributed by atoms with Crippen molar-refractivity contribution >= 4 is 29.7 Å². The van der Waals surface area contributed by atoms with Crippen LogP contribution in [0.4, 0.5) is 4.79 Å². The zero-order valence-corrected chi connectivity index (χ0v) is 16.0. The molecule has 1 aliphatic rings. The average molecular weight is 397 g/mol. The van der Waals surface area contributed by atoms with Gasteiger partial charge in [0.1, 0.15) is 6.04 Å². The number of fused-ring (bicyclic) bond motifs is 1. The second-order valence-corrected chi connectivity index (χ2v) is 6.81. The van der Waals surface area contributed by atoms with Crippen molar-refractivity contribution in [3.8, 4) is 11.5 Å². The summed E-state index contributed by atoms with van der Waals surface area (Å²) >= 11 is 1.52. The van der Waals surface area contributed by atoms with E-state index >= 15 is 0 Å². The molecule has 0 saturated carbocycles. The summed E-state index contributed by atoms with van der Waals surface area (Å²) in [6, 6.07) is 3.63. The number of thioether (sulfide) groups is 1. The van der Waals surface area contributed by atoms with Gasteiger partial charge in [-0.3, -0.25) is 4.79 Å². The fourth-order valence-corrected chi connectivity index (χ4v) is 2.82. The molecule has 1 aromatic carbocycles. The molecule has 27 heavy (non-hydrogen) atoms. The Bertz CT molecular complexity index is 699. The molecule has 9 nitrogen and oxygen atoms in total. The van der Waals surface area contributed by atoms with Crippen LogP contribution in [0.5, 0.6) is 11.5 Å². The molecule has 10 heteroatoms. The highest BCUT2D eigenvalue weighted by atomic mass is 32.2. The van der Waals surface area contributed by atoms with Gasteiger partial charge in [-0.15, -0.1) is 0 Å². The van der Waals surface area contributed by atoms with E-state index in [1.54, 1.807) is 18.2 Å². The van der Waals surface area contributed by atoms with Crippen LogP contribution in [0.3, 0.4) is 0 Å². The number of urea groups is 1. The lowest BCUT2D eigenvalue weighted by Gasteiger charge is -2.19. The maximum absolute atomic E-state index is 12.2. The first-order valence-corrected chi connectivity index (χ1v) is 9.71. The lowest BCUT2D eigenvalue weighted by molar-refractivity contribution is -0.156. The van der Waals surface area contributed by atoms with E-state index in [0.717, 1.165) is 5.56 Å². The summed E-state index contributed by atoms with van der Waals surface area (Å²) in [6.45, 7) is 1.88. The fourth-order valence-electron chi connectivity index (χ4n) is 2.35. The Balaban J connectivity index is 1.84. The second-order valence-electron chi connectivity index (χ2n) is 5.83. The number of carbonyl (C=O) groups is 3. The van der Waals surface area contributed by atoms with E-state index in [1.807, 2.05) is 6.26 Å². The summed E-state index contributed by atoms with van der Waals surface area (Å²) in [7, 11) is 0. The molecule has 1 aliphatic heterocycles. The first-order valence-electron chi connectivity index (χ1n) is 8.32. The minimum atomic E-state index is -1.02. The van der Waals surface area contributed by atoms with Crippen molar-refractivity contribution in [3.05, 3.63) is 23.8 Å². The van der Waals surface area contributed by atoms with Gasteiger partial charge >= 0.3 is 12.0 Å². The number of amides is 3. The van der Waals surface area contributed by atoms with Crippen molar-refractivity contribution in [2.24, 2.45) is 5.73 Å². The monoisotopic (exact) mass is 397 g/mol. The van der Waals surface area contributed by atoms with Crippen molar-refractivity contribution in [2.75, 3.05) is 18.8 Å². The Kier molecular flexibility index (Phi) is 7.59. The summed E-state index contributed by atoms with van der Waals surface area (Å²) in [5.74, 6) is 0.753. The van der Waals surface area contributed by atoms with Gasteiger partial charge in [-0.25, -0.2) is 9.59 Å². The first kappa shape index (κ1) is 20.7. The number of hydrogen-bond acceptors (Lipinski definition) is 7. The molecule has 0 spiro atoms. The first-order chi connectivity index (χ1) is 12.9. The van der Waals surface area contributed by atoms with Crippen molar-refractivity contribution < 1.29 is 28.6 Å². The molecule has 0 radical (unpaired) electrons. The van der Waals surface area contributed by atoms with Gasteiger partial charge < -0.3 is 30.6 Å². The minimum absolute atomic E-state index is 0.176. The van der Waals surface area contributed by atoms with Crippen LogP contribution in [-0.4, -0.2) is 48.9 Å². The Morgan fingerprint density at radius 1 is 1.30 bits per heavy atom. The lowest BCUT2D eigenvalue weighted by Crippen LogP contribution is -2.47. The number of esters is 1. The van der Waals surface area contributed by atoms with Gasteiger partial charge in [-0.1, -0.05) is 6.07 Å². The van der Waals surface area contributed by atoms with Crippen molar-refractivity contribution in [1.29, 1.82) is 0 Å². The average Bonchev–Trinajstić information content (AvgIpc) is 3.10. The highest BCUT2D eigenvalue weighted by molar-refractivity contribution is 7.98. The van der Waals surface area contributed by atoms with Crippen molar-refractivity contribution in [3.63, 3.8) is 0 Å². The highest BCUT2D eigenvalue weighted by Crippen LogP contribution is 2.32. The molecule has 148 valence electrons. The summed E-state index contributed by atoms with van der Waals surface area (Å²) in [6.07, 6.45) is 1.21. The Morgan fingerprint density at radius 2 is 2.04 bits per heavy atom. The van der Waals surface area contributed by atoms with Gasteiger partial charge in [-0.2, -0.15) is 11.8 Å². The summed E-state index contributed by atoms with van der Waals surface area (Å²) in [5, 5.41) is 5.02. The maximum Gasteiger partial charge on any atom is 0.329 e. The molecule has 2 rings (SSSR count). The molecule has 4 N–H and O–H groups in total. The normalized spacial score (nSPS) is 14.1. The molecule has 1 aromatic rings. The molecule has 1 heterocycles. The lowest BCUT2D eigenvalue weighted by atomic mass is 10.2. The van der Waals surface area contributed by atoms with Crippen molar-refractivity contribution in [1.82, 2.24) is 10.6 Å². The summed E-state index contributed by atoms with van der Waals surface area (Å²) < 4.78 is 15.7. The molecule has 2 atom stereocenters. The van der Waals surface area contributed by atoms with E-state index in [9.17, 15) is 14.4 Å². The highest BCUT2D eigenvalue weighted by Gasteiger charge is 2.25. The Labute approximate surface area is 161 Å². The molecular formula is C17H23N3O6S. The van der Waals surface area contributed by atoms with Crippen LogP contribution in [0.2, 0.25) is 0 Å². The number of primary amides is 1. The summed E-state index contributed by atoms with van der Waals surface area (Å²) in [5.41, 5.74) is 5.90. The minimum Gasteiger partial charge on any atom is -0.454 e. The van der Waals surface area contributed by atoms with Crippen LogP contribution < -0.4 is 25.8 Å². The van der Waals surface area contributed by atoms with Crippen LogP contribution in [0, 0.1) is 0 Å². The van der Waals surface area contributed by atoms with Crippen LogP contribution in [0.1, 0.15) is 18.9 Å². The van der Waals surface area contributed by atoms with Gasteiger partial charge in [0, 0.05) is 6.54 Å². The number of nitrogens with two attached hydrogens (primary N) is 1. The SMILES string of the molecule is CSCC[C@H](NC(N)=O)C(=O)O[C@H](C)C(=O)NCc1ccc2c(c1)OCO2. The zero-order valence-electron chi connectivity index (χ0n) is 15.2. The Morgan fingerprint density at radius 3 is 2.74 bits per heavy atom. The van der Waals surface area contributed by atoms with Crippen LogP contribution in [-0.2, 0) is 20.9 Å². The van der Waals surface area contributed by atoms with Gasteiger partial charge in [0.05, 0.1) is 0 Å². The molecule has 0 aromatic heterocycles. The fraction of sp³-hybridized carbons (Fsp3) is 0.471. The van der Waals surface area contributed by atoms with Gasteiger partial charge in [0.15, 0.2) is 17.6 Å². The van der Waals surface area contributed by atoms with E-state index in [2.05, 4.69) is 10.6 Å². The molecule has 3 amide bonds. The standard InChI is InChI=1S/C17H23N3O6S/c1-10(26-16(22)12(5-6-27-2)20-17(18)23)15(21)19-8-11-3-4-13-14(7-11)25-9-24-13/h3-4,7,10,12H,5-6,8-9H2,1-2H3,(H,19,21)(H3,18,20,23)/t10-,12+/m1/s1. The predicted octanol–water partition coefficient (Wildman–Crippen LogP) is 0.753. The largest absolute Gasteiger partial charge is 0.454 e. The molecule has 0 fully saturated rings. The topological polar surface area (TPSA) is 129 Å². The van der Waals surface area contributed by atoms with Crippen LogP contribution in [0.25, 0.3) is 0 Å². The van der Waals surface area contributed by atoms with Gasteiger partial charge in [-0.05, 0) is 43.0 Å². The van der Waals surface area contributed by atoms with E-state index in [0.29, 0.717) is 23.7 Å². The third-order valence-corrected chi connectivity index (χ3v) is 4.42. The number of hydrogen-bond donors (Lipinski definition) is 3. The second kappa shape index (κ2) is 9.91. The predicted molar refractivity (Wildman–Crippen MR) is 99.5 cm³/mol. The van der Waals surface area contributed by atoms with E-state index in [1.165, 1.54) is 18.7 Å². The molecule has 0 aliphatic carbocycles. The number of benzene rings is 1. The van der Waals surface area contributed by atoms with E-state index < -0.39 is 30.1 Å². The number of rotatable bonds is 9. The molecule has 0 saturated heterocycles. The Hall–Kier alpha value is -2.62. The van der Waals surface area contributed by atoms with Gasteiger partial charge in [0.2, 0.25) is 6.79 Å². The zero-order chi connectivity index (χ0) is 19.8. The van der Waals surface area contributed by atoms with E-state index in [4.69, 9.17) is 19.9 Å². The molecule has 0 bridgehead atoms. The van der Waals surface area contributed by atoms with Crippen LogP contribution >= 0.6 is 11.8 Å². The quantitative estimate of drug-likeness (QED) is 0.525. The third kappa shape index (κ3) is 6.24. The smallest absolute Gasteiger partial charge is 0.329 e.